The molecule has 3 aromatic heterocycles. The molecule has 0 aliphatic rings. The minimum atomic E-state index is -0.224. The van der Waals surface area contributed by atoms with Crippen LogP contribution in [0.1, 0.15) is 12.8 Å². The molecule has 0 unspecified atom stereocenters. The van der Waals surface area contributed by atoms with Gasteiger partial charge in [0.2, 0.25) is 11.7 Å². The van der Waals surface area contributed by atoms with Crippen LogP contribution in [0.5, 0.6) is 11.5 Å². The zero-order chi connectivity index (χ0) is 23.7. The van der Waals surface area contributed by atoms with Crippen molar-refractivity contribution in [2.45, 2.75) is 13.5 Å². The highest BCUT2D eigenvalue weighted by molar-refractivity contribution is 6.30. The number of fused-ring (bicyclic) bond motifs is 1. The summed E-state index contributed by atoms with van der Waals surface area (Å²) in [7, 11) is 1.57. The third kappa shape index (κ3) is 4.13. The number of rotatable bonds is 7. The van der Waals surface area contributed by atoms with Crippen molar-refractivity contribution in [2.75, 3.05) is 13.7 Å². The van der Waals surface area contributed by atoms with E-state index >= 15 is 0 Å². The average Bonchev–Trinajstić information content (AvgIpc) is 3.50. The Bertz CT molecular complexity index is 1520. The minimum Gasteiger partial charge on any atom is -0.493 e. The first-order valence-electron chi connectivity index (χ1n) is 10.5. The van der Waals surface area contributed by atoms with Crippen LogP contribution in [0.2, 0.25) is 5.02 Å². The van der Waals surface area contributed by atoms with Gasteiger partial charge >= 0.3 is 0 Å². The molecule has 172 valence electrons. The van der Waals surface area contributed by atoms with Gasteiger partial charge in [-0.3, -0.25) is 4.79 Å². The van der Waals surface area contributed by atoms with Crippen LogP contribution in [0, 0.1) is 0 Å². The molecule has 0 aliphatic carbocycles. The standard InChI is InChI=1S/C24H20ClN5O4/c1-3-33-20-9-6-16(12-21(20)32-2)23-26-22(34-28-23)14-29-10-11-30-19(24(29)31)13-18(27-30)15-4-7-17(25)8-5-15/h4-13H,3,14H2,1-2H3. The summed E-state index contributed by atoms with van der Waals surface area (Å²) in [5.74, 6) is 1.90. The van der Waals surface area contributed by atoms with E-state index in [4.69, 9.17) is 25.6 Å². The van der Waals surface area contributed by atoms with Crippen molar-refractivity contribution in [3.05, 3.63) is 82.2 Å². The van der Waals surface area contributed by atoms with Crippen LogP contribution >= 0.6 is 11.6 Å². The Morgan fingerprint density at radius 3 is 2.59 bits per heavy atom. The van der Waals surface area contributed by atoms with Crippen molar-refractivity contribution < 1.29 is 14.0 Å². The highest BCUT2D eigenvalue weighted by atomic mass is 35.5. The molecule has 0 saturated carbocycles. The Morgan fingerprint density at radius 1 is 1.03 bits per heavy atom. The largest absolute Gasteiger partial charge is 0.493 e. The van der Waals surface area contributed by atoms with Crippen LogP contribution in [-0.2, 0) is 6.54 Å². The number of hydrogen-bond donors (Lipinski definition) is 0. The number of benzene rings is 2. The number of hydrogen-bond acceptors (Lipinski definition) is 7. The molecule has 0 saturated heterocycles. The molecule has 5 rings (SSSR count). The summed E-state index contributed by atoms with van der Waals surface area (Å²) in [6.07, 6.45) is 3.35. The number of ether oxygens (including phenoxy) is 2. The van der Waals surface area contributed by atoms with Crippen LogP contribution in [0.4, 0.5) is 0 Å². The quantitative estimate of drug-likeness (QED) is 0.344. The molecular formula is C24H20ClN5O4. The SMILES string of the molecule is CCOc1ccc(-c2noc(Cn3ccn4nc(-c5ccc(Cl)cc5)cc4c3=O)n2)cc1OC. The van der Waals surface area contributed by atoms with E-state index in [0.29, 0.717) is 51.6 Å². The molecule has 0 radical (unpaired) electrons. The molecule has 0 spiro atoms. The van der Waals surface area contributed by atoms with Gasteiger partial charge < -0.3 is 18.6 Å². The van der Waals surface area contributed by atoms with E-state index < -0.39 is 0 Å². The molecule has 0 atom stereocenters. The fourth-order valence-electron chi connectivity index (χ4n) is 3.58. The molecule has 5 aromatic rings. The number of methoxy groups -OCH3 is 1. The van der Waals surface area contributed by atoms with Crippen LogP contribution in [0.25, 0.3) is 28.2 Å². The summed E-state index contributed by atoms with van der Waals surface area (Å²) in [6, 6.07) is 14.4. The lowest BCUT2D eigenvalue weighted by atomic mass is 10.1. The van der Waals surface area contributed by atoms with Crippen molar-refractivity contribution in [2.24, 2.45) is 0 Å². The maximum atomic E-state index is 13.1. The molecule has 34 heavy (non-hydrogen) atoms. The highest BCUT2D eigenvalue weighted by Gasteiger charge is 2.15. The molecule has 10 heteroatoms. The zero-order valence-corrected chi connectivity index (χ0v) is 19.2. The summed E-state index contributed by atoms with van der Waals surface area (Å²) >= 11 is 5.97. The van der Waals surface area contributed by atoms with Gasteiger partial charge in [0.1, 0.15) is 12.1 Å². The van der Waals surface area contributed by atoms with Crippen LogP contribution < -0.4 is 15.0 Å². The average molecular weight is 478 g/mol. The van der Waals surface area contributed by atoms with Gasteiger partial charge in [0.05, 0.1) is 19.4 Å². The van der Waals surface area contributed by atoms with Gasteiger partial charge in [-0.25, -0.2) is 4.52 Å². The zero-order valence-electron chi connectivity index (χ0n) is 18.4. The van der Waals surface area contributed by atoms with E-state index in [0.717, 1.165) is 5.56 Å². The fraction of sp³-hybridized carbons (Fsp3) is 0.167. The lowest BCUT2D eigenvalue weighted by Gasteiger charge is -2.09. The lowest BCUT2D eigenvalue weighted by Crippen LogP contribution is -2.21. The molecule has 0 aliphatic heterocycles. The van der Waals surface area contributed by atoms with Gasteiger partial charge in [-0.2, -0.15) is 10.1 Å². The van der Waals surface area contributed by atoms with Crippen LogP contribution in [0.3, 0.4) is 0 Å². The molecule has 0 N–H and O–H groups in total. The van der Waals surface area contributed by atoms with Gasteiger partial charge in [0, 0.05) is 28.5 Å². The third-order valence-electron chi connectivity index (χ3n) is 5.24. The minimum absolute atomic E-state index is 0.123. The van der Waals surface area contributed by atoms with E-state index in [1.54, 1.807) is 54.4 Å². The number of nitrogens with zero attached hydrogens (tertiary/aromatic N) is 5. The van der Waals surface area contributed by atoms with Gasteiger partial charge in [-0.1, -0.05) is 28.9 Å². The highest BCUT2D eigenvalue weighted by Crippen LogP contribution is 2.31. The number of aromatic nitrogens is 5. The summed E-state index contributed by atoms with van der Waals surface area (Å²) < 4.78 is 19.4. The van der Waals surface area contributed by atoms with Crippen LogP contribution in [-0.4, -0.2) is 38.0 Å². The second-order valence-electron chi connectivity index (χ2n) is 7.41. The number of halogens is 1. The second kappa shape index (κ2) is 9.03. The van der Waals surface area contributed by atoms with Crippen molar-refractivity contribution in [3.63, 3.8) is 0 Å². The molecular weight excluding hydrogens is 458 g/mol. The molecule has 0 bridgehead atoms. The van der Waals surface area contributed by atoms with Crippen molar-refractivity contribution >= 4 is 17.1 Å². The third-order valence-corrected chi connectivity index (χ3v) is 5.49. The topological polar surface area (TPSA) is 96.7 Å². The molecule has 2 aromatic carbocycles. The molecule has 3 heterocycles. The second-order valence-corrected chi connectivity index (χ2v) is 7.84. The maximum Gasteiger partial charge on any atom is 0.277 e. The summed E-state index contributed by atoms with van der Waals surface area (Å²) in [5, 5.41) is 9.18. The Balaban J connectivity index is 1.41. The van der Waals surface area contributed by atoms with E-state index in [9.17, 15) is 4.79 Å². The normalized spacial score (nSPS) is 11.1. The van der Waals surface area contributed by atoms with Gasteiger partial charge in [0.25, 0.3) is 5.56 Å². The predicted molar refractivity (Wildman–Crippen MR) is 126 cm³/mol. The smallest absolute Gasteiger partial charge is 0.277 e. The lowest BCUT2D eigenvalue weighted by molar-refractivity contribution is 0.311. The summed E-state index contributed by atoms with van der Waals surface area (Å²) in [6.45, 7) is 2.55. The first-order valence-corrected chi connectivity index (χ1v) is 10.9. The van der Waals surface area contributed by atoms with E-state index in [1.807, 2.05) is 25.1 Å². The Hall–Kier alpha value is -4.11. The molecule has 0 amide bonds. The maximum absolute atomic E-state index is 13.1. The van der Waals surface area contributed by atoms with E-state index in [1.165, 1.54) is 4.57 Å². The first-order chi connectivity index (χ1) is 16.6. The summed E-state index contributed by atoms with van der Waals surface area (Å²) in [4.78, 5) is 17.5. The van der Waals surface area contributed by atoms with Gasteiger partial charge in [-0.05, 0) is 43.3 Å². The fourth-order valence-corrected chi connectivity index (χ4v) is 3.70. The Labute approximate surface area is 199 Å². The van der Waals surface area contributed by atoms with Gasteiger partial charge in [0.15, 0.2) is 11.5 Å². The van der Waals surface area contributed by atoms with Gasteiger partial charge in [-0.15, -0.1) is 0 Å². The van der Waals surface area contributed by atoms with Crippen molar-refractivity contribution in [1.29, 1.82) is 0 Å². The Morgan fingerprint density at radius 2 is 1.82 bits per heavy atom. The summed E-state index contributed by atoms with van der Waals surface area (Å²) in [5.41, 5.74) is 2.46. The molecule has 0 fully saturated rings. The van der Waals surface area contributed by atoms with Crippen molar-refractivity contribution in [3.8, 4) is 34.1 Å². The van der Waals surface area contributed by atoms with Crippen LogP contribution in [0.15, 0.2) is 70.2 Å². The van der Waals surface area contributed by atoms with Crippen molar-refractivity contribution in [1.82, 2.24) is 24.3 Å². The Kier molecular flexibility index (Phi) is 5.77. The van der Waals surface area contributed by atoms with E-state index in [-0.39, 0.29) is 12.1 Å². The predicted octanol–water partition coefficient (Wildman–Crippen LogP) is 4.32. The molecule has 9 nitrogen and oxygen atoms in total. The first kappa shape index (κ1) is 21.7. The van der Waals surface area contributed by atoms with E-state index in [2.05, 4.69) is 15.2 Å². The monoisotopic (exact) mass is 477 g/mol.